The molecule has 0 saturated carbocycles. The fourth-order valence-corrected chi connectivity index (χ4v) is 1.75. The van der Waals surface area contributed by atoms with Gasteiger partial charge in [0.25, 0.3) is 0 Å². The highest BCUT2D eigenvalue weighted by Gasteiger charge is 2.15. The van der Waals surface area contributed by atoms with E-state index in [9.17, 15) is 0 Å². The summed E-state index contributed by atoms with van der Waals surface area (Å²) < 4.78 is 10.8. The van der Waals surface area contributed by atoms with Crippen molar-refractivity contribution in [2.24, 2.45) is 0 Å². The monoisotopic (exact) mass is 273 g/mol. The summed E-state index contributed by atoms with van der Waals surface area (Å²) in [7, 11) is 1.50. The number of anilines is 1. The highest BCUT2D eigenvalue weighted by molar-refractivity contribution is 5.56. The molecule has 0 radical (unpaired) electrons. The van der Waals surface area contributed by atoms with E-state index >= 15 is 0 Å². The number of benzene rings is 1. The number of nitrogens with zero attached hydrogens (tertiary/aromatic N) is 2. The van der Waals surface area contributed by atoms with Gasteiger partial charge in [-0.25, -0.2) is 0 Å². The second-order valence-corrected chi connectivity index (χ2v) is 5.48. The Morgan fingerprint density at radius 2 is 1.80 bits per heavy atom. The van der Waals surface area contributed by atoms with Crippen molar-refractivity contribution in [3.05, 3.63) is 36.2 Å². The van der Waals surface area contributed by atoms with Crippen molar-refractivity contribution in [3.8, 4) is 17.5 Å². The molecule has 0 saturated heterocycles. The molecular formula is C15H19N3O2. The summed E-state index contributed by atoms with van der Waals surface area (Å²) in [5, 5.41) is 0. The van der Waals surface area contributed by atoms with Gasteiger partial charge in [-0.3, -0.25) is 0 Å². The summed E-state index contributed by atoms with van der Waals surface area (Å²) in [6.45, 7) is 6.44. The molecule has 1 heterocycles. The molecule has 0 atom stereocenters. The van der Waals surface area contributed by atoms with Crippen LogP contribution in [0, 0.1) is 0 Å². The predicted molar refractivity (Wildman–Crippen MR) is 78.2 cm³/mol. The van der Waals surface area contributed by atoms with Crippen molar-refractivity contribution in [2.45, 2.75) is 26.2 Å². The number of methoxy groups -OCH3 is 1. The summed E-state index contributed by atoms with van der Waals surface area (Å²) in [5.41, 5.74) is 7.40. The molecule has 2 N–H and O–H groups in total. The van der Waals surface area contributed by atoms with Crippen LogP contribution in [0.4, 0.5) is 5.69 Å². The van der Waals surface area contributed by atoms with Crippen molar-refractivity contribution < 1.29 is 9.47 Å². The molecule has 0 unspecified atom stereocenters. The van der Waals surface area contributed by atoms with E-state index in [0.717, 1.165) is 0 Å². The van der Waals surface area contributed by atoms with Crippen molar-refractivity contribution in [2.75, 3.05) is 12.8 Å². The molecule has 0 fully saturated rings. The van der Waals surface area contributed by atoms with E-state index in [1.165, 1.54) is 19.0 Å². The predicted octanol–water partition coefficient (Wildman–Crippen LogP) is 3.16. The maximum absolute atomic E-state index is 5.89. The second-order valence-electron chi connectivity index (χ2n) is 5.48. The van der Waals surface area contributed by atoms with Crippen LogP contribution in [-0.4, -0.2) is 17.1 Å². The van der Waals surface area contributed by atoms with Crippen molar-refractivity contribution in [1.29, 1.82) is 0 Å². The van der Waals surface area contributed by atoms with E-state index in [1.807, 2.05) is 18.2 Å². The molecule has 0 bridgehead atoms. The van der Waals surface area contributed by atoms with E-state index in [1.54, 1.807) is 0 Å². The minimum atomic E-state index is 0.0499. The number of rotatable bonds is 3. The molecule has 1 aromatic carbocycles. The number of hydrogen-bond donors (Lipinski definition) is 1. The highest BCUT2D eigenvalue weighted by atomic mass is 16.5. The van der Waals surface area contributed by atoms with Gasteiger partial charge in [0.05, 0.1) is 7.11 Å². The van der Waals surface area contributed by atoms with Crippen LogP contribution >= 0.6 is 0 Å². The minimum absolute atomic E-state index is 0.0499. The van der Waals surface area contributed by atoms with Crippen LogP contribution < -0.4 is 15.2 Å². The van der Waals surface area contributed by atoms with Crippen LogP contribution in [0.15, 0.2) is 30.6 Å². The molecular weight excluding hydrogens is 254 g/mol. The number of hydrogen-bond acceptors (Lipinski definition) is 5. The minimum Gasteiger partial charge on any atom is -0.479 e. The van der Waals surface area contributed by atoms with Crippen LogP contribution in [0.1, 0.15) is 26.3 Å². The fourth-order valence-electron chi connectivity index (χ4n) is 1.75. The lowest BCUT2D eigenvalue weighted by atomic mass is 9.87. The molecule has 0 aliphatic carbocycles. The first kappa shape index (κ1) is 14.1. The van der Waals surface area contributed by atoms with E-state index in [0.29, 0.717) is 17.5 Å². The van der Waals surface area contributed by atoms with Gasteiger partial charge in [0.2, 0.25) is 11.8 Å². The molecule has 2 rings (SSSR count). The Labute approximate surface area is 118 Å². The van der Waals surface area contributed by atoms with Crippen molar-refractivity contribution >= 4 is 5.69 Å². The zero-order chi connectivity index (χ0) is 14.8. The zero-order valence-corrected chi connectivity index (χ0v) is 12.2. The van der Waals surface area contributed by atoms with E-state index in [4.69, 9.17) is 15.2 Å². The van der Waals surface area contributed by atoms with Gasteiger partial charge in [-0.05, 0) is 23.1 Å². The molecule has 0 aliphatic heterocycles. The Kier molecular flexibility index (Phi) is 3.79. The zero-order valence-electron chi connectivity index (χ0n) is 12.2. The summed E-state index contributed by atoms with van der Waals surface area (Å²) in [5.74, 6) is 1.29. The number of nitrogen functional groups attached to an aromatic ring is 1. The van der Waals surface area contributed by atoms with Crippen LogP contribution in [0.3, 0.4) is 0 Å². The van der Waals surface area contributed by atoms with Gasteiger partial charge < -0.3 is 15.2 Å². The van der Waals surface area contributed by atoms with Gasteiger partial charge in [-0.15, -0.1) is 0 Å². The summed E-state index contributed by atoms with van der Waals surface area (Å²) >= 11 is 0. The SMILES string of the molecule is COc1ncnc(Oc2cccc(C(C)(C)C)c2)c1N. The molecule has 2 aromatic rings. The first-order valence-corrected chi connectivity index (χ1v) is 6.34. The van der Waals surface area contributed by atoms with Gasteiger partial charge in [-0.1, -0.05) is 32.9 Å². The highest BCUT2D eigenvalue weighted by Crippen LogP contribution is 2.32. The molecule has 0 aliphatic rings. The van der Waals surface area contributed by atoms with Crippen LogP contribution in [-0.2, 0) is 5.41 Å². The van der Waals surface area contributed by atoms with Gasteiger partial charge in [0.15, 0.2) is 5.69 Å². The quantitative estimate of drug-likeness (QED) is 0.930. The second kappa shape index (κ2) is 5.36. The lowest BCUT2D eigenvalue weighted by molar-refractivity contribution is 0.391. The van der Waals surface area contributed by atoms with Crippen LogP contribution in [0.5, 0.6) is 17.5 Å². The molecule has 5 nitrogen and oxygen atoms in total. The third-order valence-corrected chi connectivity index (χ3v) is 2.92. The first-order chi connectivity index (χ1) is 9.41. The van der Waals surface area contributed by atoms with Crippen LogP contribution in [0.25, 0.3) is 0 Å². The Morgan fingerprint density at radius 1 is 1.10 bits per heavy atom. The average Bonchev–Trinajstić information content (AvgIpc) is 2.40. The van der Waals surface area contributed by atoms with E-state index in [2.05, 4.69) is 36.8 Å². The number of ether oxygens (including phenoxy) is 2. The Bertz CT molecular complexity index is 606. The molecule has 5 heteroatoms. The first-order valence-electron chi connectivity index (χ1n) is 6.34. The molecule has 0 amide bonds. The lowest BCUT2D eigenvalue weighted by Gasteiger charge is -2.19. The summed E-state index contributed by atoms with van der Waals surface area (Å²) in [4.78, 5) is 7.95. The normalized spacial score (nSPS) is 11.2. The maximum atomic E-state index is 5.89. The van der Waals surface area contributed by atoms with E-state index in [-0.39, 0.29) is 11.1 Å². The third-order valence-electron chi connectivity index (χ3n) is 2.92. The fraction of sp³-hybridized carbons (Fsp3) is 0.333. The van der Waals surface area contributed by atoms with Gasteiger partial charge >= 0.3 is 0 Å². The smallest absolute Gasteiger partial charge is 0.249 e. The van der Waals surface area contributed by atoms with Crippen molar-refractivity contribution in [3.63, 3.8) is 0 Å². The summed E-state index contributed by atoms with van der Waals surface area (Å²) in [6.07, 6.45) is 1.36. The maximum Gasteiger partial charge on any atom is 0.249 e. The van der Waals surface area contributed by atoms with Gasteiger partial charge in [0, 0.05) is 0 Å². The van der Waals surface area contributed by atoms with Gasteiger partial charge in [-0.2, -0.15) is 9.97 Å². The number of aromatic nitrogens is 2. The molecule has 106 valence electrons. The Balaban J connectivity index is 2.31. The third kappa shape index (κ3) is 2.99. The standard InChI is InChI=1S/C15H19N3O2/c1-15(2,3)10-6-5-7-11(8-10)20-14-12(16)13(19-4)17-9-18-14/h5-9H,16H2,1-4H3. The number of nitrogens with two attached hydrogens (primary N) is 1. The topological polar surface area (TPSA) is 70.3 Å². The van der Waals surface area contributed by atoms with Crippen molar-refractivity contribution in [1.82, 2.24) is 9.97 Å². The summed E-state index contributed by atoms with van der Waals surface area (Å²) in [6, 6.07) is 7.86. The van der Waals surface area contributed by atoms with Gasteiger partial charge in [0.1, 0.15) is 12.1 Å². The largest absolute Gasteiger partial charge is 0.479 e. The Morgan fingerprint density at radius 3 is 2.45 bits per heavy atom. The van der Waals surface area contributed by atoms with Crippen LogP contribution in [0.2, 0.25) is 0 Å². The molecule has 1 aromatic heterocycles. The lowest BCUT2D eigenvalue weighted by Crippen LogP contribution is -2.10. The molecule has 20 heavy (non-hydrogen) atoms. The Hall–Kier alpha value is -2.30. The molecule has 0 spiro atoms. The average molecular weight is 273 g/mol. The van der Waals surface area contributed by atoms with E-state index < -0.39 is 0 Å².